The summed E-state index contributed by atoms with van der Waals surface area (Å²) in [6, 6.07) is -1.78. The van der Waals surface area contributed by atoms with Crippen molar-refractivity contribution in [2.75, 3.05) is 13.2 Å². The molecule has 0 aromatic heterocycles. The van der Waals surface area contributed by atoms with E-state index in [1.165, 1.54) is 0 Å². The molecule has 0 bridgehead atoms. The van der Waals surface area contributed by atoms with E-state index in [1.54, 1.807) is 0 Å². The van der Waals surface area contributed by atoms with Gasteiger partial charge in [-0.05, 0) is 6.42 Å². The lowest BCUT2D eigenvalue weighted by atomic mass is 9.84. The lowest BCUT2D eigenvalue weighted by Crippen LogP contribution is -2.67. The summed E-state index contributed by atoms with van der Waals surface area (Å²) in [5.74, 6) is 0. The van der Waals surface area contributed by atoms with E-state index in [2.05, 4.69) is 0 Å². The summed E-state index contributed by atoms with van der Waals surface area (Å²) in [6.45, 7) is -1.37. The Bertz CT molecular complexity index is 580. The van der Waals surface area contributed by atoms with E-state index in [0.29, 0.717) is 0 Å². The molecular formula is C18H34N2O13. The van der Waals surface area contributed by atoms with E-state index in [0.717, 1.165) is 0 Å². The van der Waals surface area contributed by atoms with Gasteiger partial charge in [0.25, 0.3) is 0 Å². The monoisotopic (exact) mass is 486 g/mol. The molecular weight excluding hydrogens is 452 g/mol. The second kappa shape index (κ2) is 11.0. The molecule has 3 aliphatic rings. The molecule has 15 atom stereocenters. The molecule has 0 aromatic rings. The Kier molecular flexibility index (Phi) is 8.99. The smallest absolute Gasteiger partial charge is 0.187 e. The second-order valence-corrected chi connectivity index (χ2v) is 8.65. The SMILES string of the molecule is N[C@@H]1C[C@H](N)[C@@H](O[C@H]2O[C@H](CO)[C@@H](O)[C@H](O)[C@H]2O)C(O)[C@H]1O[C@H]1O[C@H](CO)[C@@H](O)[C@H](O)[C@H]1O. The Morgan fingerprint density at radius 2 is 0.939 bits per heavy atom. The molecule has 1 unspecified atom stereocenters. The summed E-state index contributed by atoms with van der Waals surface area (Å²) in [5.41, 5.74) is 12.1. The van der Waals surface area contributed by atoms with Gasteiger partial charge in [-0.3, -0.25) is 0 Å². The first-order chi connectivity index (χ1) is 15.5. The molecule has 0 aromatic carbocycles. The van der Waals surface area contributed by atoms with Crippen molar-refractivity contribution in [1.82, 2.24) is 0 Å². The molecule has 2 heterocycles. The molecule has 2 saturated heterocycles. The molecule has 3 rings (SSSR count). The molecule has 33 heavy (non-hydrogen) atoms. The Morgan fingerprint density at radius 3 is 1.27 bits per heavy atom. The van der Waals surface area contributed by atoms with Gasteiger partial charge >= 0.3 is 0 Å². The summed E-state index contributed by atoms with van der Waals surface area (Å²) in [6.07, 6.45) is -19.8. The minimum absolute atomic E-state index is 0.0290. The van der Waals surface area contributed by atoms with Crippen LogP contribution in [-0.4, -0.2) is 151 Å². The van der Waals surface area contributed by atoms with Crippen molar-refractivity contribution < 1.29 is 64.9 Å². The number of aliphatic hydroxyl groups is 9. The zero-order valence-corrected chi connectivity index (χ0v) is 17.6. The van der Waals surface area contributed by atoms with Gasteiger partial charge in [0, 0.05) is 12.1 Å². The predicted molar refractivity (Wildman–Crippen MR) is 104 cm³/mol. The maximum Gasteiger partial charge on any atom is 0.187 e. The van der Waals surface area contributed by atoms with E-state index in [9.17, 15) is 46.0 Å². The maximum atomic E-state index is 10.9. The fourth-order valence-corrected chi connectivity index (χ4v) is 4.31. The van der Waals surface area contributed by atoms with Crippen molar-refractivity contribution in [2.24, 2.45) is 11.5 Å². The van der Waals surface area contributed by atoms with Crippen LogP contribution in [0.3, 0.4) is 0 Å². The minimum Gasteiger partial charge on any atom is -0.394 e. The quantitative estimate of drug-likeness (QED) is 0.166. The van der Waals surface area contributed by atoms with Crippen LogP contribution >= 0.6 is 0 Å². The van der Waals surface area contributed by atoms with E-state index in [1.807, 2.05) is 0 Å². The lowest BCUT2D eigenvalue weighted by Gasteiger charge is -2.48. The van der Waals surface area contributed by atoms with Crippen LogP contribution in [0.15, 0.2) is 0 Å². The van der Waals surface area contributed by atoms with Gasteiger partial charge in [-0.1, -0.05) is 0 Å². The molecule has 1 aliphatic carbocycles. The van der Waals surface area contributed by atoms with Crippen LogP contribution in [0.4, 0.5) is 0 Å². The van der Waals surface area contributed by atoms with E-state index < -0.39 is 105 Å². The number of aliphatic hydroxyl groups excluding tert-OH is 9. The van der Waals surface area contributed by atoms with Crippen LogP contribution in [-0.2, 0) is 18.9 Å². The van der Waals surface area contributed by atoms with Crippen molar-refractivity contribution >= 4 is 0 Å². The average Bonchev–Trinajstić information content (AvgIpc) is 2.79. The van der Waals surface area contributed by atoms with Crippen molar-refractivity contribution in [2.45, 2.75) is 98.2 Å². The van der Waals surface area contributed by atoms with Crippen molar-refractivity contribution in [3.8, 4) is 0 Å². The molecule has 15 heteroatoms. The first kappa shape index (κ1) is 27.0. The van der Waals surface area contributed by atoms with Gasteiger partial charge in [0.15, 0.2) is 12.6 Å². The van der Waals surface area contributed by atoms with Crippen LogP contribution in [0.25, 0.3) is 0 Å². The van der Waals surface area contributed by atoms with E-state index in [-0.39, 0.29) is 6.42 Å². The third kappa shape index (κ3) is 5.32. The molecule has 1 saturated carbocycles. The third-order valence-electron chi connectivity index (χ3n) is 6.34. The van der Waals surface area contributed by atoms with Crippen LogP contribution in [0, 0.1) is 0 Å². The highest BCUT2D eigenvalue weighted by Crippen LogP contribution is 2.31. The molecule has 13 N–H and O–H groups in total. The zero-order chi connectivity index (χ0) is 24.6. The normalized spacial score (nSPS) is 53.7. The second-order valence-electron chi connectivity index (χ2n) is 8.65. The van der Waals surface area contributed by atoms with Crippen LogP contribution in [0.1, 0.15) is 6.42 Å². The van der Waals surface area contributed by atoms with E-state index in [4.69, 9.17) is 30.4 Å². The Balaban J connectivity index is 1.72. The Morgan fingerprint density at radius 1 is 0.576 bits per heavy atom. The summed E-state index contributed by atoms with van der Waals surface area (Å²) in [4.78, 5) is 0. The van der Waals surface area contributed by atoms with Crippen LogP contribution in [0.5, 0.6) is 0 Å². The fraction of sp³-hybridized carbons (Fsp3) is 1.00. The highest BCUT2D eigenvalue weighted by atomic mass is 16.7. The Labute approximate surface area is 188 Å². The van der Waals surface area contributed by atoms with Gasteiger partial charge < -0.3 is 76.4 Å². The number of hydrogen-bond donors (Lipinski definition) is 11. The largest absolute Gasteiger partial charge is 0.394 e. The maximum absolute atomic E-state index is 10.9. The summed E-state index contributed by atoms with van der Waals surface area (Å²) in [7, 11) is 0. The third-order valence-corrected chi connectivity index (χ3v) is 6.34. The lowest BCUT2D eigenvalue weighted by molar-refractivity contribution is -0.341. The summed E-state index contributed by atoms with van der Waals surface area (Å²) in [5, 5.41) is 89.6. The summed E-state index contributed by atoms with van der Waals surface area (Å²) < 4.78 is 21.8. The zero-order valence-electron chi connectivity index (χ0n) is 17.6. The number of hydrogen-bond acceptors (Lipinski definition) is 15. The van der Waals surface area contributed by atoms with Gasteiger partial charge in [0.1, 0.15) is 67.1 Å². The van der Waals surface area contributed by atoms with Gasteiger partial charge in [0.05, 0.1) is 13.2 Å². The Hall–Kier alpha value is -0.600. The van der Waals surface area contributed by atoms with Crippen molar-refractivity contribution in [3.63, 3.8) is 0 Å². The first-order valence-electron chi connectivity index (χ1n) is 10.6. The van der Waals surface area contributed by atoms with E-state index >= 15 is 0 Å². The summed E-state index contributed by atoms with van der Waals surface area (Å²) >= 11 is 0. The number of rotatable bonds is 6. The molecule has 3 fully saturated rings. The van der Waals surface area contributed by atoms with Crippen LogP contribution < -0.4 is 11.5 Å². The standard InChI is InChI=1S/C18H34N2O13/c19-4-1-5(20)16(33-18-13(28)11(26)9(24)7(3-22)31-18)14(29)15(4)32-17-12(27)10(25)8(23)6(2-21)30-17/h4-18,21-29H,1-3,19-20H2/t4-,5+,6-,7-,8-,9-,10+,11+,12-,13-,14?,15+,16-,17-,18-/m1/s1. The molecule has 15 nitrogen and oxygen atoms in total. The topological polar surface area (TPSA) is 271 Å². The number of nitrogens with two attached hydrogens (primary N) is 2. The van der Waals surface area contributed by atoms with Gasteiger partial charge in [-0.2, -0.15) is 0 Å². The minimum atomic E-state index is -1.73. The number of ether oxygens (including phenoxy) is 4. The molecule has 0 amide bonds. The van der Waals surface area contributed by atoms with Crippen molar-refractivity contribution in [3.05, 3.63) is 0 Å². The van der Waals surface area contributed by atoms with Crippen molar-refractivity contribution in [1.29, 1.82) is 0 Å². The van der Waals surface area contributed by atoms with Gasteiger partial charge in [-0.25, -0.2) is 0 Å². The van der Waals surface area contributed by atoms with Gasteiger partial charge in [-0.15, -0.1) is 0 Å². The highest BCUT2D eigenvalue weighted by molar-refractivity contribution is 5.01. The average molecular weight is 486 g/mol. The molecule has 194 valence electrons. The fourth-order valence-electron chi connectivity index (χ4n) is 4.31. The first-order valence-corrected chi connectivity index (χ1v) is 10.6. The molecule has 0 radical (unpaired) electrons. The van der Waals surface area contributed by atoms with Gasteiger partial charge in [0.2, 0.25) is 0 Å². The predicted octanol–water partition coefficient (Wildman–Crippen LogP) is -7.22. The van der Waals surface area contributed by atoms with Crippen LogP contribution in [0.2, 0.25) is 0 Å². The molecule has 2 aliphatic heterocycles. The highest BCUT2D eigenvalue weighted by Gasteiger charge is 2.51. The molecule has 0 spiro atoms.